The molecule has 2 rings (SSSR count). The fourth-order valence-corrected chi connectivity index (χ4v) is 1.96. The van der Waals surface area contributed by atoms with Crippen LogP contribution in [0.2, 0.25) is 0 Å². The summed E-state index contributed by atoms with van der Waals surface area (Å²) in [5, 5.41) is 10.8. The van der Waals surface area contributed by atoms with E-state index in [-0.39, 0.29) is 11.7 Å². The predicted octanol–water partition coefficient (Wildman–Crippen LogP) is 4.11. The van der Waals surface area contributed by atoms with Crippen molar-refractivity contribution >= 4 is 5.69 Å². The Labute approximate surface area is 123 Å². The highest BCUT2D eigenvalue weighted by molar-refractivity contribution is 5.46. The third-order valence-electron chi connectivity index (χ3n) is 3.36. The number of non-ortho nitro benzene ring substituents is 1. The van der Waals surface area contributed by atoms with Gasteiger partial charge in [0.2, 0.25) is 0 Å². The average Bonchev–Trinajstić information content (AvgIpc) is 2.49. The van der Waals surface area contributed by atoms with Crippen LogP contribution in [-0.2, 0) is 0 Å². The van der Waals surface area contributed by atoms with Crippen LogP contribution in [0.3, 0.4) is 0 Å². The minimum Gasteiger partial charge on any atom is -0.457 e. The van der Waals surface area contributed by atoms with Gasteiger partial charge in [-0.25, -0.2) is 0 Å². The Hall–Kier alpha value is -2.40. The third-order valence-corrected chi connectivity index (χ3v) is 3.36. The Balaban J connectivity index is 2.22. The van der Waals surface area contributed by atoms with Gasteiger partial charge in [0.05, 0.1) is 11.0 Å². The first-order valence-corrected chi connectivity index (χ1v) is 6.79. The van der Waals surface area contributed by atoms with Crippen LogP contribution in [0.1, 0.15) is 30.5 Å². The van der Waals surface area contributed by atoms with Gasteiger partial charge in [-0.2, -0.15) is 0 Å². The maximum Gasteiger partial charge on any atom is 0.273 e. The molecular formula is C16H18N2O3. The van der Waals surface area contributed by atoms with Crippen molar-refractivity contribution in [3.05, 3.63) is 63.7 Å². The molecule has 21 heavy (non-hydrogen) atoms. The first kappa shape index (κ1) is 15.0. The number of hydrogen-bond donors (Lipinski definition) is 1. The molecular weight excluding hydrogens is 268 g/mol. The summed E-state index contributed by atoms with van der Waals surface area (Å²) < 4.78 is 5.72. The highest BCUT2D eigenvalue weighted by Crippen LogP contribution is 2.29. The van der Waals surface area contributed by atoms with Gasteiger partial charge in [0.15, 0.2) is 0 Å². The van der Waals surface area contributed by atoms with E-state index < -0.39 is 4.92 Å². The van der Waals surface area contributed by atoms with E-state index in [1.54, 1.807) is 6.07 Å². The smallest absolute Gasteiger partial charge is 0.273 e. The van der Waals surface area contributed by atoms with Gasteiger partial charge >= 0.3 is 0 Å². The number of hydrogen-bond acceptors (Lipinski definition) is 4. The second kappa shape index (κ2) is 6.37. The Kier molecular flexibility index (Phi) is 4.55. The quantitative estimate of drug-likeness (QED) is 0.662. The van der Waals surface area contributed by atoms with Crippen molar-refractivity contribution in [1.82, 2.24) is 0 Å². The molecule has 2 aromatic rings. The lowest BCUT2D eigenvalue weighted by atomic mass is 10.1. The van der Waals surface area contributed by atoms with Gasteiger partial charge in [-0.15, -0.1) is 0 Å². The minimum absolute atomic E-state index is 0.0126. The Morgan fingerprint density at radius 3 is 2.48 bits per heavy atom. The van der Waals surface area contributed by atoms with Crippen molar-refractivity contribution in [1.29, 1.82) is 0 Å². The molecule has 0 unspecified atom stereocenters. The Morgan fingerprint density at radius 1 is 1.24 bits per heavy atom. The van der Waals surface area contributed by atoms with Gasteiger partial charge in [-0.3, -0.25) is 10.1 Å². The fraction of sp³-hybridized carbons (Fsp3) is 0.250. The number of nitro groups is 1. The predicted molar refractivity (Wildman–Crippen MR) is 81.6 cm³/mol. The molecule has 1 atom stereocenters. The van der Waals surface area contributed by atoms with Crippen LogP contribution in [0.15, 0.2) is 42.5 Å². The van der Waals surface area contributed by atoms with Gasteiger partial charge in [0, 0.05) is 12.1 Å². The molecule has 5 heteroatoms. The van der Waals surface area contributed by atoms with E-state index in [1.807, 2.05) is 38.1 Å². The summed E-state index contributed by atoms with van der Waals surface area (Å²) in [6, 6.07) is 12.1. The van der Waals surface area contributed by atoms with E-state index in [9.17, 15) is 10.1 Å². The molecule has 0 amide bonds. The molecule has 2 aromatic carbocycles. The summed E-state index contributed by atoms with van der Waals surface area (Å²) in [4.78, 5) is 10.4. The van der Waals surface area contributed by atoms with E-state index in [4.69, 9.17) is 10.5 Å². The lowest BCUT2D eigenvalue weighted by molar-refractivity contribution is -0.384. The number of ether oxygens (including phenoxy) is 1. The Bertz CT molecular complexity index is 638. The SMILES string of the molecule is CC[C@@H](N)c1ccc(Oc2cc([N+](=O)[O-])ccc2C)cc1. The summed E-state index contributed by atoms with van der Waals surface area (Å²) in [5.74, 6) is 1.11. The van der Waals surface area contributed by atoms with Gasteiger partial charge < -0.3 is 10.5 Å². The molecule has 0 aliphatic heterocycles. The lowest BCUT2D eigenvalue weighted by Gasteiger charge is -2.11. The topological polar surface area (TPSA) is 78.4 Å². The van der Waals surface area contributed by atoms with Crippen molar-refractivity contribution < 1.29 is 9.66 Å². The van der Waals surface area contributed by atoms with Gasteiger partial charge in [0.25, 0.3) is 5.69 Å². The standard InChI is InChI=1S/C16H18N2O3/c1-3-15(17)12-5-8-14(9-6-12)21-16-10-13(18(19)20)7-4-11(16)2/h4-10,15H,3,17H2,1-2H3/t15-/m1/s1. The maximum atomic E-state index is 10.8. The number of benzene rings is 2. The second-order valence-electron chi connectivity index (χ2n) is 4.89. The van der Waals surface area contributed by atoms with E-state index in [2.05, 4.69) is 0 Å². The maximum absolute atomic E-state index is 10.8. The zero-order chi connectivity index (χ0) is 15.4. The molecule has 0 saturated heterocycles. The summed E-state index contributed by atoms with van der Waals surface area (Å²) in [5.41, 5.74) is 7.86. The molecule has 2 N–H and O–H groups in total. The van der Waals surface area contributed by atoms with E-state index in [0.29, 0.717) is 11.5 Å². The molecule has 0 bridgehead atoms. The van der Waals surface area contributed by atoms with Crippen molar-refractivity contribution in [2.75, 3.05) is 0 Å². The van der Waals surface area contributed by atoms with Crippen molar-refractivity contribution in [3.8, 4) is 11.5 Å². The van der Waals surface area contributed by atoms with Crippen LogP contribution in [-0.4, -0.2) is 4.92 Å². The van der Waals surface area contributed by atoms with Gasteiger partial charge in [-0.1, -0.05) is 19.1 Å². The minimum atomic E-state index is -0.435. The Morgan fingerprint density at radius 2 is 1.90 bits per heavy atom. The highest BCUT2D eigenvalue weighted by Gasteiger charge is 2.10. The number of rotatable bonds is 5. The summed E-state index contributed by atoms with van der Waals surface area (Å²) >= 11 is 0. The van der Waals surface area contributed by atoms with Crippen LogP contribution >= 0.6 is 0 Å². The molecule has 0 aliphatic rings. The molecule has 0 aromatic heterocycles. The van der Waals surface area contributed by atoms with Crippen molar-refractivity contribution in [2.24, 2.45) is 5.73 Å². The summed E-state index contributed by atoms with van der Waals surface area (Å²) in [7, 11) is 0. The van der Waals surface area contributed by atoms with Gasteiger partial charge in [0.1, 0.15) is 11.5 Å². The zero-order valence-electron chi connectivity index (χ0n) is 12.1. The molecule has 0 fully saturated rings. The second-order valence-corrected chi connectivity index (χ2v) is 4.89. The average molecular weight is 286 g/mol. The van der Waals surface area contributed by atoms with E-state index in [1.165, 1.54) is 12.1 Å². The van der Waals surface area contributed by atoms with Crippen LogP contribution in [0.5, 0.6) is 11.5 Å². The highest BCUT2D eigenvalue weighted by atomic mass is 16.6. The molecule has 0 saturated carbocycles. The molecule has 5 nitrogen and oxygen atoms in total. The number of aryl methyl sites for hydroxylation is 1. The van der Waals surface area contributed by atoms with Crippen molar-refractivity contribution in [3.63, 3.8) is 0 Å². The molecule has 110 valence electrons. The first-order chi connectivity index (χ1) is 10.0. The lowest BCUT2D eigenvalue weighted by Crippen LogP contribution is -2.08. The fourth-order valence-electron chi connectivity index (χ4n) is 1.96. The van der Waals surface area contributed by atoms with Crippen LogP contribution in [0.4, 0.5) is 5.69 Å². The normalized spacial score (nSPS) is 12.0. The number of nitro benzene ring substituents is 1. The molecule has 0 aliphatic carbocycles. The number of nitrogens with zero attached hydrogens (tertiary/aromatic N) is 1. The monoisotopic (exact) mass is 286 g/mol. The third kappa shape index (κ3) is 3.58. The molecule has 0 heterocycles. The first-order valence-electron chi connectivity index (χ1n) is 6.79. The van der Waals surface area contributed by atoms with E-state index >= 15 is 0 Å². The van der Waals surface area contributed by atoms with Crippen LogP contribution < -0.4 is 10.5 Å². The molecule has 0 spiro atoms. The summed E-state index contributed by atoms with van der Waals surface area (Å²) in [6.45, 7) is 3.88. The van der Waals surface area contributed by atoms with Crippen LogP contribution in [0.25, 0.3) is 0 Å². The van der Waals surface area contributed by atoms with Crippen molar-refractivity contribution in [2.45, 2.75) is 26.3 Å². The van der Waals surface area contributed by atoms with E-state index in [0.717, 1.165) is 17.5 Å². The van der Waals surface area contributed by atoms with Crippen LogP contribution in [0, 0.1) is 17.0 Å². The molecule has 0 radical (unpaired) electrons. The summed E-state index contributed by atoms with van der Waals surface area (Å²) in [6.07, 6.45) is 0.865. The van der Waals surface area contributed by atoms with Gasteiger partial charge in [-0.05, 0) is 42.7 Å². The zero-order valence-corrected chi connectivity index (χ0v) is 12.1. The number of nitrogens with two attached hydrogens (primary N) is 1. The largest absolute Gasteiger partial charge is 0.457 e.